The Bertz CT molecular complexity index is 665. The minimum Gasteiger partial charge on any atom is -0.545 e. The van der Waals surface area contributed by atoms with E-state index in [0.29, 0.717) is 6.42 Å². The van der Waals surface area contributed by atoms with Crippen LogP contribution in [0.3, 0.4) is 0 Å². The van der Waals surface area contributed by atoms with Gasteiger partial charge in [-0.2, -0.15) is 0 Å². The molecule has 0 aliphatic heterocycles. The molecule has 0 spiro atoms. The lowest BCUT2D eigenvalue weighted by Crippen LogP contribution is -2.32. The first-order valence-corrected chi connectivity index (χ1v) is 10.2. The number of rotatable bonds is 15. The number of hydrogen-bond acceptors (Lipinski definition) is 6. The first kappa shape index (κ1) is 23.7. The summed E-state index contributed by atoms with van der Waals surface area (Å²) in [5.74, 6) is -4.96. The number of carbonyl (C=O) groups excluding carboxylic acids is 3. The van der Waals surface area contributed by atoms with Crippen LogP contribution in [-0.4, -0.2) is 17.9 Å². The number of carboxylic acid groups (broad SMARTS) is 3. The maximum absolute atomic E-state index is 11.4. The molecule has 0 radical (unpaired) electrons. The number of carbonyl (C=O) groups is 3. The molecule has 1 aromatic rings. The highest BCUT2D eigenvalue weighted by molar-refractivity contribution is 6.03. The summed E-state index contributed by atoms with van der Waals surface area (Å²) < 4.78 is 0. The molecular formula is C22H29O6-3. The Kier molecular flexibility index (Phi) is 10.9. The Labute approximate surface area is 166 Å². The molecule has 0 bridgehead atoms. The summed E-state index contributed by atoms with van der Waals surface area (Å²) in [7, 11) is 0. The first-order valence-electron chi connectivity index (χ1n) is 10.2. The Balaban J connectivity index is 2.52. The van der Waals surface area contributed by atoms with Gasteiger partial charge in [0.25, 0.3) is 0 Å². The van der Waals surface area contributed by atoms with Crippen molar-refractivity contribution in [3.63, 3.8) is 0 Å². The zero-order valence-corrected chi connectivity index (χ0v) is 16.6. The van der Waals surface area contributed by atoms with Gasteiger partial charge in [0.15, 0.2) is 0 Å². The van der Waals surface area contributed by atoms with Gasteiger partial charge in [-0.15, -0.1) is 0 Å². The van der Waals surface area contributed by atoms with E-state index in [1.54, 1.807) is 0 Å². The van der Waals surface area contributed by atoms with Gasteiger partial charge in [0.2, 0.25) is 0 Å². The molecule has 0 fully saturated rings. The molecule has 0 amide bonds. The van der Waals surface area contributed by atoms with E-state index >= 15 is 0 Å². The zero-order chi connectivity index (χ0) is 20.9. The maximum Gasteiger partial charge on any atom is 0.0724 e. The van der Waals surface area contributed by atoms with Gasteiger partial charge in [-0.05, 0) is 36.1 Å². The van der Waals surface area contributed by atoms with Crippen LogP contribution in [0.15, 0.2) is 12.1 Å². The Morgan fingerprint density at radius 3 is 1.61 bits per heavy atom. The Morgan fingerprint density at radius 1 is 0.679 bits per heavy atom. The molecule has 6 heteroatoms. The molecule has 0 aromatic heterocycles. The van der Waals surface area contributed by atoms with Crippen molar-refractivity contribution in [3.8, 4) is 0 Å². The highest BCUT2D eigenvalue weighted by Gasteiger charge is 2.13. The monoisotopic (exact) mass is 389 g/mol. The highest BCUT2D eigenvalue weighted by atomic mass is 16.4. The number of benzene rings is 1. The Hall–Kier alpha value is -2.37. The lowest BCUT2D eigenvalue weighted by molar-refractivity contribution is -0.260. The SMILES string of the molecule is CCCCCCCCCCCCCc1cc(C(=O)[O-])cc(C(=O)[O-])c1C(=O)[O-]. The van der Waals surface area contributed by atoms with Crippen molar-refractivity contribution >= 4 is 17.9 Å². The van der Waals surface area contributed by atoms with Crippen LogP contribution in [0.25, 0.3) is 0 Å². The van der Waals surface area contributed by atoms with E-state index in [4.69, 9.17) is 0 Å². The van der Waals surface area contributed by atoms with Crippen LogP contribution in [0.4, 0.5) is 0 Å². The van der Waals surface area contributed by atoms with Crippen LogP contribution in [0, 0.1) is 0 Å². The standard InChI is InChI=1S/C22H32O6/c1-2-3-4-5-6-7-8-9-10-11-12-13-16-14-17(20(23)24)15-18(21(25)26)19(16)22(27)28/h14-15H,2-13H2,1H3,(H,23,24)(H,25,26)(H,27,28)/p-3. The predicted molar refractivity (Wildman–Crippen MR) is 99.6 cm³/mol. The topological polar surface area (TPSA) is 120 Å². The molecular weight excluding hydrogens is 360 g/mol. The van der Waals surface area contributed by atoms with Crippen LogP contribution < -0.4 is 15.3 Å². The lowest BCUT2D eigenvalue weighted by Gasteiger charge is -2.19. The quantitative estimate of drug-likeness (QED) is 0.420. The number of unbranched alkanes of at least 4 members (excludes halogenated alkanes) is 10. The molecule has 0 aliphatic carbocycles. The minimum atomic E-state index is -1.75. The van der Waals surface area contributed by atoms with Crippen molar-refractivity contribution in [3.05, 3.63) is 34.4 Å². The van der Waals surface area contributed by atoms with Gasteiger partial charge in [0, 0.05) is 11.1 Å². The number of carboxylic acids is 3. The summed E-state index contributed by atoms with van der Waals surface area (Å²) in [6, 6.07) is 1.91. The van der Waals surface area contributed by atoms with E-state index in [1.807, 2.05) is 0 Å². The molecule has 0 atom stereocenters. The summed E-state index contributed by atoms with van der Waals surface area (Å²) in [5.41, 5.74) is -1.42. The molecule has 0 heterocycles. The summed E-state index contributed by atoms with van der Waals surface area (Å²) in [4.78, 5) is 33.6. The average Bonchev–Trinajstić information content (AvgIpc) is 2.65. The van der Waals surface area contributed by atoms with Crippen LogP contribution in [0.5, 0.6) is 0 Å². The molecule has 0 saturated heterocycles. The van der Waals surface area contributed by atoms with E-state index in [9.17, 15) is 29.7 Å². The second kappa shape index (κ2) is 12.9. The number of aromatic carboxylic acids is 3. The van der Waals surface area contributed by atoms with Gasteiger partial charge in [0.1, 0.15) is 0 Å². The van der Waals surface area contributed by atoms with E-state index in [2.05, 4.69) is 6.92 Å². The number of hydrogen-bond donors (Lipinski definition) is 0. The first-order chi connectivity index (χ1) is 13.4. The predicted octanol–water partition coefficient (Wildman–Crippen LogP) is 1.63. The van der Waals surface area contributed by atoms with Crippen molar-refractivity contribution in [1.82, 2.24) is 0 Å². The summed E-state index contributed by atoms with van der Waals surface area (Å²) >= 11 is 0. The molecule has 28 heavy (non-hydrogen) atoms. The van der Waals surface area contributed by atoms with Gasteiger partial charge in [-0.3, -0.25) is 0 Å². The minimum absolute atomic E-state index is 0.136. The molecule has 6 nitrogen and oxygen atoms in total. The smallest absolute Gasteiger partial charge is 0.0724 e. The third-order valence-electron chi connectivity index (χ3n) is 4.93. The zero-order valence-electron chi connectivity index (χ0n) is 16.6. The second-order valence-electron chi connectivity index (χ2n) is 7.21. The summed E-state index contributed by atoms with van der Waals surface area (Å²) in [5, 5.41) is 33.6. The fourth-order valence-electron chi connectivity index (χ4n) is 3.40. The fourth-order valence-corrected chi connectivity index (χ4v) is 3.40. The van der Waals surface area contributed by atoms with Crippen LogP contribution in [0.2, 0.25) is 0 Å². The normalized spacial score (nSPS) is 10.8. The van der Waals surface area contributed by atoms with E-state index in [0.717, 1.165) is 31.4 Å². The summed E-state index contributed by atoms with van der Waals surface area (Å²) in [6.07, 6.45) is 12.7. The number of aryl methyl sites for hydroxylation is 1. The lowest BCUT2D eigenvalue weighted by atomic mass is 9.93. The molecule has 0 N–H and O–H groups in total. The maximum atomic E-state index is 11.4. The molecule has 1 aromatic carbocycles. The molecule has 0 aliphatic rings. The van der Waals surface area contributed by atoms with Crippen LogP contribution in [0.1, 0.15) is 114 Å². The average molecular weight is 389 g/mol. The third-order valence-corrected chi connectivity index (χ3v) is 4.93. The van der Waals surface area contributed by atoms with E-state index in [1.165, 1.54) is 44.9 Å². The molecule has 156 valence electrons. The Morgan fingerprint density at radius 2 is 1.18 bits per heavy atom. The van der Waals surface area contributed by atoms with Gasteiger partial charge >= 0.3 is 0 Å². The van der Waals surface area contributed by atoms with Crippen molar-refractivity contribution < 1.29 is 29.7 Å². The third kappa shape index (κ3) is 8.11. The van der Waals surface area contributed by atoms with Crippen molar-refractivity contribution in [2.45, 2.75) is 84.0 Å². The molecule has 1 rings (SSSR count). The van der Waals surface area contributed by atoms with E-state index in [-0.39, 0.29) is 17.5 Å². The van der Waals surface area contributed by atoms with Crippen molar-refractivity contribution in [1.29, 1.82) is 0 Å². The van der Waals surface area contributed by atoms with Gasteiger partial charge in [-0.25, -0.2) is 0 Å². The fraction of sp³-hybridized carbons (Fsp3) is 0.591. The summed E-state index contributed by atoms with van der Waals surface area (Å²) in [6.45, 7) is 2.20. The van der Waals surface area contributed by atoms with Gasteiger partial charge in [-0.1, -0.05) is 71.1 Å². The van der Waals surface area contributed by atoms with Crippen LogP contribution >= 0.6 is 0 Å². The largest absolute Gasteiger partial charge is 0.545 e. The highest BCUT2D eigenvalue weighted by Crippen LogP contribution is 2.20. The molecule has 0 unspecified atom stereocenters. The van der Waals surface area contributed by atoms with E-state index < -0.39 is 29.0 Å². The van der Waals surface area contributed by atoms with Crippen LogP contribution in [-0.2, 0) is 6.42 Å². The van der Waals surface area contributed by atoms with Crippen molar-refractivity contribution in [2.24, 2.45) is 0 Å². The van der Waals surface area contributed by atoms with Gasteiger partial charge < -0.3 is 29.7 Å². The van der Waals surface area contributed by atoms with Gasteiger partial charge in [0.05, 0.1) is 17.9 Å². The van der Waals surface area contributed by atoms with Crippen molar-refractivity contribution in [2.75, 3.05) is 0 Å². The second-order valence-corrected chi connectivity index (χ2v) is 7.21. The molecule has 0 saturated carbocycles.